The molecule has 1 saturated heterocycles. The van der Waals surface area contributed by atoms with Gasteiger partial charge >= 0.3 is 0 Å². The van der Waals surface area contributed by atoms with Crippen LogP contribution in [0.25, 0.3) is 0 Å². The van der Waals surface area contributed by atoms with Gasteiger partial charge in [-0.1, -0.05) is 28.1 Å². The lowest BCUT2D eigenvalue weighted by atomic mass is 9.96. The molecule has 1 aliphatic heterocycles. The summed E-state index contributed by atoms with van der Waals surface area (Å²) in [6, 6.07) is 6.82. The molecule has 0 saturated carbocycles. The van der Waals surface area contributed by atoms with E-state index in [1.54, 1.807) is 12.1 Å². The van der Waals surface area contributed by atoms with E-state index in [0.29, 0.717) is 6.61 Å². The van der Waals surface area contributed by atoms with Gasteiger partial charge in [0.25, 0.3) is 5.69 Å². The van der Waals surface area contributed by atoms with Crippen molar-refractivity contribution in [2.24, 2.45) is 0 Å². The second kappa shape index (κ2) is 4.93. The van der Waals surface area contributed by atoms with Gasteiger partial charge in [-0.3, -0.25) is 10.1 Å². The number of ether oxygens (including phenoxy) is 1. The van der Waals surface area contributed by atoms with E-state index in [9.17, 15) is 10.1 Å². The van der Waals surface area contributed by atoms with Crippen LogP contribution >= 0.6 is 15.9 Å². The Balaban J connectivity index is 2.15. The fourth-order valence-electron chi connectivity index (χ4n) is 1.94. The average molecular weight is 286 g/mol. The van der Waals surface area contributed by atoms with Crippen LogP contribution in [-0.4, -0.2) is 23.0 Å². The van der Waals surface area contributed by atoms with E-state index in [1.807, 2.05) is 6.07 Å². The summed E-state index contributed by atoms with van der Waals surface area (Å²) in [6.45, 7) is 0.650. The topological polar surface area (TPSA) is 52.4 Å². The lowest BCUT2D eigenvalue weighted by Crippen LogP contribution is -2.05. The third kappa shape index (κ3) is 2.41. The van der Waals surface area contributed by atoms with Gasteiger partial charge in [0, 0.05) is 23.4 Å². The van der Waals surface area contributed by atoms with Gasteiger partial charge in [-0.15, -0.1) is 0 Å². The minimum Gasteiger partial charge on any atom is -0.377 e. The zero-order valence-electron chi connectivity index (χ0n) is 8.64. The molecule has 1 heterocycles. The molecule has 0 radical (unpaired) electrons. The van der Waals surface area contributed by atoms with E-state index in [1.165, 1.54) is 6.07 Å². The van der Waals surface area contributed by atoms with E-state index in [-0.39, 0.29) is 22.6 Å². The zero-order valence-corrected chi connectivity index (χ0v) is 10.2. The molecule has 0 bridgehead atoms. The summed E-state index contributed by atoms with van der Waals surface area (Å²) in [5.74, 6) is 0.280. The molecule has 0 aliphatic carbocycles. The van der Waals surface area contributed by atoms with Crippen molar-refractivity contribution in [3.05, 3.63) is 39.9 Å². The van der Waals surface area contributed by atoms with Gasteiger partial charge in [0.1, 0.15) is 0 Å². The smallest absolute Gasteiger partial charge is 0.269 e. The van der Waals surface area contributed by atoms with Crippen LogP contribution < -0.4 is 0 Å². The number of hydrogen-bond acceptors (Lipinski definition) is 3. The standard InChI is InChI=1S/C11H12BrNO3/c12-6-11-5-9(7-16-11)8-2-1-3-10(4-8)13(14)15/h1-4,9,11H,5-7H2/t9-,11-/m0/s1. The van der Waals surface area contributed by atoms with Crippen molar-refractivity contribution in [1.29, 1.82) is 0 Å². The van der Waals surface area contributed by atoms with Gasteiger partial charge in [0.05, 0.1) is 17.6 Å². The summed E-state index contributed by atoms with van der Waals surface area (Å²) in [5.41, 5.74) is 1.15. The molecule has 2 rings (SSSR count). The predicted octanol–water partition coefficient (Wildman–Crippen LogP) is 2.86. The van der Waals surface area contributed by atoms with Gasteiger partial charge < -0.3 is 4.74 Å². The highest BCUT2D eigenvalue weighted by atomic mass is 79.9. The SMILES string of the molecule is O=[N+]([O-])c1cccc([C@@H]2CO[C@H](CBr)C2)c1. The predicted molar refractivity (Wildman–Crippen MR) is 64.0 cm³/mol. The Bertz CT molecular complexity index is 397. The number of benzene rings is 1. The summed E-state index contributed by atoms with van der Waals surface area (Å²) in [5, 5.41) is 11.5. The molecule has 16 heavy (non-hydrogen) atoms. The Kier molecular flexibility index (Phi) is 3.56. The monoisotopic (exact) mass is 285 g/mol. The van der Waals surface area contributed by atoms with E-state index < -0.39 is 0 Å². The molecule has 1 fully saturated rings. The second-order valence-electron chi connectivity index (χ2n) is 3.89. The van der Waals surface area contributed by atoms with Crippen molar-refractivity contribution >= 4 is 21.6 Å². The lowest BCUT2D eigenvalue weighted by molar-refractivity contribution is -0.384. The maximum Gasteiger partial charge on any atom is 0.269 e. The van der Waals surface area contributed by atoms with Crippen LogP contribution in [-0.2, 0) is 4.74 Å². The second-order valence-corrected chi connectivity index (χ2v) is 4.54. The summed E-state index contributed by atoms with van der Waals surface area (Å²) >= 11 is 3.38. The number of hydrogen-bond donors (Lipinski definition) is 0. The van der Waals surface area contributed by atoms with Gasteiger partial charge in [0.2, 0.25) is 0 Å². The summed E-state index contributed by atoms with van der Waals surface area (Å²) in [7, 11) is 0. The molecule has 86 valence electrons. The maximum absolute atomic E-state index is 10.7. The molecule has 1 aromatic carbocycles. The molecule has 0 N–H and O–H groups in total. The summed E-state index contributed by atoms with van der Waals surface area (Å²) in [4.78, 5) is 10.3. The van der Waals surface area contributed by atoms with Crippen LogP contribution in [0.5, 0.6) is 0 Å². The lowest BCUT2D eigenvalue weighted by Gasteiger charge is -2.07. The number of alkyl halides is 1. The fraction of sp³-hybridized carbons (Fsp3) is 0.455. The summed E-state index contributed by atoms with van der Waals surface area (Å²) < 4.78 is 5.55. The Labute approximate surface area is 102 Å². The maximum atomic E-state index is 10.7. The first kappa shape index (κ1) is 11.5. The first-order valence-corrected chi connectivity index (χ1v) is 6.24. The Morgan fingerprint density at radius 2 is 2.38 bits per heavy atom. The minimum atomic E-state index is -0.360. The Morgan fingerprint density at radius 3 is 3.00 bits per heavy atom. The highest BCUT2D eigenvalue weighted by Gasteiger charge is 2.26. The van der Waals surface area contributed by atoms with Crippen molar-refractivity contribution in [2.45, 2.75) is 18.4 Å². The fourth-order valence-corrected chi connectivity index (χ4v) is 2.39. The first-order chi connectivity index (χ1) is 7.70. The molecule has 0 aromatic heterocycles. The van der Waals surface area contributed by atoms with Crippen molar-refractivity contribution in [1.82, 2.24) is 0 Å². The van der Waals surface area contributed by atoms with E-state index in [0.717, 1.165) is 17.3 Å². The third-order valence-electron chi connectivity index (χ3n) is 2.81. The molecule has 0 spiro atoms. The number of non-ortho nitro benzene ring substituents is 1. The van der Waals surface area contributed by atoms with Crippen LogP contribution in [0.2, 0.25) is 0 Å². The van der Waals surface area contributed by atoms with Crippen molar-refractivity contribution in [3.8, 4) is 0 Å². The first-order valence-electron chi connectivity index (χ1n) is 5.12. The number of nitro benzene ring substituents is 1. The molecule has 5 heteroatoms. The number of rotatable bonds is 3. The van der Waals surface area contributed by atoms with Crippen LogP contribution in [0.15, 0.2) is 24.3 Å². The van der Waals surface area contributed by atoms with Crippen LogP contribution in [0.3, 0.4) is 0 Å². The van der Waals surface area contributed by atoms with Gasteiger partial charge in [-0.25, -0.2) is 0 Å². The quantitative estimate of drug-likeness (QED) is 0.487. The molecule has 1 aliphatic rings. The zero-order chi connectivity index (χ0) is 11.5. The molecule has 4 nitrogen and oxygen atoms in total. The van der Waals surface area contributed by atoms with Crippen LogP contribution in [0, 0.1) is 10.1 Å². The Hall–Kier alpha value is -0.940. The van der Waals surface area contributed by atoms with E-state index in [2.05, 4.69) is 15.9 Å². The van der Waals surface area contributed by atoms with Gasteiger partial charge in [0.15, 0.2) is 0 Å². The average Bonchev–Trinajstić information content (AvgIpc) is 2.77. The number of nitrogens with zero attached hydrogens (tertiary/aromatic N) is 1. The van der Waals surface area contributed by atoms with Crippen molar-refractivity contribution < 1.29 is 9.66 Å². The Morgan fingerprint density at radius 1 is 1.56 bits per heavy atom. The number of nitro groups is 1. The highest BCUT2D eigenvalue weighted by molar-refractivity contribution is 9.09. The van der Waals surface area contributed by atoms with Gasteiger partial charge in [-0.2, -0.15) is 0 Å². The molecular weight excluding hydrogens is 274 g/mol. The molecule has 0 amide bonds. The van der Waals surface area contributed by atoms with Crippen LogP contribution in [0.4, 0.5) is 5.69 Å². The van der Waals surface area contributed by atoms with E-state index >= 15 is 0 Å². The highest BCUT2D eigenvalue weighted by Crippen LogP contribution is 2.31. The van der Waals surface area contributed by atoms with Crippen molar-refractivity contribution in [2.75, 3.05) is 11.9 Å². The minimum absolute atomic E-state index is 0.153. The molecule has 1 aromatic rings. The van der Waals surface area contributed by atoms with Crippen LogP contribution in [0.1, 0.15) is 17.9 Å². The van der Waals surface area contributed by atoms with E-state index in [4.69, 9.17) is 4.74 Å². The number of halogens is 1. The molecule has 2 atom stereocenters. The summed E-state index contributed by atoms with van der Waals surface area (Å²) in [6.07, 6.45) is 1.15. The van der Waals surface area contributed by atoms with Crippen molar-refractivity contribution in [3.63, 3.8) is 0 Å². The molecule has 0 unspecified atom stereocenters. The third-order valence-corrected chi connectivity index (χ3v) is 3.53. The largest absolute Gasteiger partial charge is 0.377 e. The normalized spacial score (nSPS) is 24.6. The molecular formula is C11H12BrNO3. The van der Waals surface area contributed by atoms with Gasteiger partial charge in [-0.05, 0) is 12.0 Å².